The van der Waals surface area contributed by atoms with E-state index in [-0.39, 0.29) is 19.8 Å². The zero-order valence-electron chi connectivity index (χ0n) is 8.72. The Balaban J connectivity index is 2.49. The molecule has 0 aliphatic rings. The Hall–Kier alpha value is -1.10. The van der Waals surface area contributed by atoms with Gasteiger partial charge >= 0.3 is 0 Å². The average Bonchev–Trinajstić information content (AvgIpc) is 2.27. The highest BCUT2D eigenvalue weighted by atomic mass is 16.5. The van der Waals surface area contributed by atoms with E-state index in [1.54, 1.807) is 12.1 Å². The van der Waals surface area contributed by atoms with Crippen molar-refractivity contribution in [2.24, 2.45) is 0 Å². The maximum absolute atomic E-state index is 9.36. The van der Waals surface area contributed by atoms with Crippen molar-refractivity contribution in [3.63, 3.8) is 0 Å². The number of para-hydroxylation sites is 1. The quantitative estimate of drug-likeness (QED) is 0.723. The summed E-state index contributed by atoms with van der Waals surface area (Å²) in [5, 5.41) is 18.4. The summed E-state index contributed by atoms with van der Waals surface area (Å²) < 4.78 is 10.1. The Morgan fingerprint density at radius 3 is 2.67 bits per heavy atom. The minimum absolute atomic E-state index is 0.0729. The van der Waals surface area contributed by atoms with Gasteiger partial charge in [-0.05, 0) is 6.07 Å². The lowest BCUT2D eigenvalue weighted by Crippen LogP contribution is -2.22. The molecule has 0 radical (unpaired) electrons. The lowest BCUT2D eigenvalue weighted by atomic mass is 10.2. The van der Waals surface area contributed by atoms with E-state index >= 15 is 0 Å². The second-order valence-electron chi connectivity index (χ2n) is 3.19. The Kier molecular flexibility index (Phi) is 5.10. The highest BCUT2D eigenvalue weighted by Crippen LogP contribution is 2.17. The number of rotatable bonds is 6. The summed E-state index contributed by atoms with van der Waals surface area (Å²) in [6.45, 7) is 0.322. The molecule has 0 fully saturated rings. The molecule has 1 rings (SSSR count). The fourth-order valence-corrected chi connectivity index (χ4v) is 1.20. The summed E-state index contributed by atoms with van der Waals surface area (Å²) in [6, 6.07) is 7.17. The topological polar surface area (TPSA) is 58.9 Å². The molecule has 4 nitrogen and oxygen atoms in total. The van der Waals surface area contributed by atoms with Crippen LogP contribution in [0.1, 0.15) is 5.56 Å². The van der Waals surface area contributed by atoms with Gasteiger partial charge in [0.2, 0.25) is 0 Å². The molecule has 0 saturated heterocycles. The first kappa shape index (κ1) is 12.0. The molecule has 15 heavy (non-hydrogen) atoms. The molecule has 2 N–H and O–H groups in total. The minimum Gasteiger partial charge on any atom is -0.490 e. The number of hydrogen-bond acceptors (Lipinski definition) is 4. The van der Waals surface area contributed by atoms with Crippen LogP contribution in [0.25, 0.3) is 0 Å². The summed E-state index contributed by atoms with van der Waals surface area (Å²) in [7, 11) is 1.52. The van der Waals surface area contributed by atoms with Crippen LogP contribution in [-0.2, 0) is 11.3 Å². The number of benzene rings is 1. The van der Waals surface area contributed by atoms with Crippen LogP contribution in [0.15, 0.2) is 24.3 Å². The fourth-order valence-electron chi connectivity index (χ4n) is 1.20. The van der Waals surface area contributed by atoms with Crippen LogP contribution in [-0.4, -0.2) is 36.6 Å². The molecule has 0 saturated carbocycles. The van der Waals surface area contributed by atoms with Gasteiger partial charge in [-0.1, -0.05) is 18.2 Å². The third-order valence-electron chi connectivity index (χ3n) is 1.93. The van der Waals surface area contributed by atoms with Gasteiger partial charge in [0.05, 0.1) is 13.2 Å². The number of aliphatic hydroxyl groups excluding tert-OH is 2. The standard InChI is InChI=1S/C11H16O4/c1-14-7-10(13)8-15-11-5-3-2-4-9(11)6-12/h2-5,10,12-13H,6-8H2,1H3. The van der Waals surface area contributed by atoms with E-state index in [1.807, 2.05) is 12.1 Å². The molecule has 84 valence electrons. The molecule has 1 aromatic carbocycles. The maximum atomic E-state index is 9.36. The van der Waals surface area contributed by atoms with Crippen LogP contribution in [0.2, 0.25) is 0 Å². The van der Waals surface area contributed by atoms with E-state index in [4.69, 9.17) is 14.6 Å². The Morgan fingerprint density at radius 2 is 2.00 bits per heavy atom. The predicted molar refractivity (Wildman–Crippen MR) is 55.7 cm³/mol. The summed E-state index contributed by atoms with van der Waals surface area (Å²) >= 11 is 0. The lowest BCUT2D eigenvalue weighted by molar-refractivity contribution is 0.0320. The van der Waals surface area contributed by atoms with Crippen molar-refractivity contribution in [3.8, 4) is 5.75 Å². The van der Waals surface area contributed by atoms with Gasteiger partial charge < -0.3 is 19.7 Å². The van der Waals surface area contributed by atoms with Gasteiger partial charge in [-0.3, -0.25) is 0 Å². The zero-order valence-corrected chi connectivity index (χ0v) is 8.72. The Labute approximate surface area is 89.1 Å². The molecule has 0 bridgehead atoms. The van der Waals surface area contributed by atoms with Crippen LogP contribution in [0.5, 0.6) is 5.75 Å². The van der Waals surface area contributed by atoms with E-state index in [0.29, 0.717) is 11.3 Å². The molecule has 1 unspecified atom stereocenters. The largest absolute Gasteiger partial charge is 0.490 e. The fraction of sp³-hybridized carbons (Fsp3) is 0.455. The molecule has 0 heterocycles. The van der Waals surface area contributed by atoms with Crippen LogP contribution >= 0.6 is 0 Å². The van der Waals surface area contributed by atoms with Crippen molar-refractivity contribution in [2.45, 2.75) is 12.7 Å². The van der Waals surface area contributed by atoms with Crippen molar-refractivity contribution in [2.75, 3.05) is 20.3 Å². The van der Waals surface area contributed by atoms with Gasteiger partial charge in [0, 0.05) is 12.7 Å². The van der Waals surface area contributed by atoms with Crippen molar-refractivity contribution < 1.29 is 19.7 Å². The predicted octanol–water partition coefficient (Wildman–Crippen LogP) is 0.565. The van der Waals surface area contributed by atoms with E-state index in [2.05, 4.69) is 0 Å². The third kappa shape index (κ3) is 3.87. The van der Waals surface area contributed by atoms with Gasteiger partial charge in [-0.2, -0.15) is 0 Å². The van der Waals surface area contributed by atoms with Crippen molar-refractivity contribution in [1.82, 2.24) is 0 Å². The second kappa shape index (κ2) is 6.40. The van der Waals surface area contributed by atoms with Crippen LogP contribution in [0, 0.1) is 0 Å². The number of ether oxygens (including phenoxy) is 2. The zero-order chi connectivity index (χ0) is 11.1. The molecule has 1 aromatic rings. The molecule has 0 aliphatic heterocycles. The van der Waals surface area contributed by atoms with Gasteiger partial charge in [-0.25, -0.2) is 0 Å². The smallest absolute Gasteiger partial charge is 0.124 e. The molecule has 0 spiro atoms. The normalized spacial score (nSPS) is 12.5. The molecular formula is C11H16O4. The van der Waals surface area contributed by atoms with Gasteiger partial charge in [0.15, 0.2) is 0 Å². The summed E-state index contributed by atoms with van der Waals surface area (Å²) in [6.07, 6.45) is -0.651. The van der Waals surface area contributed by atoms with Crippen LogP contribution in [0.4, 0.5) is 0 Å². The van der Waals surface area contributed by atoms with Crippen molar-refractivity contribution in [1.29, 1.82) is 0 Å². The maximum Gasteiger partial charge on any atom is 0.124 e. The summed E-state index contributed by atoms with van der Waals surface area (Å²) in [4.78, 5) is 0. The molecule has 1 atom stereocenters. The van der Waals surface area contributed by atoms with Crippen molar-refractivity contribution >= 4 is 0 Å². The number of aliphatic hydroxyl groups is 2. The molecule has 4 heteroatoms. The average molecular weight is 212 g/mol. The minimum atomic E-state index is -0.651. The molecular weight excluding hydrogens is 196 g/mol. The molecule has 0 amide bonds. The highest BCUT2D eigenvalue weighted by Gasteiger charge is 2.06. The van der Waals surface area contributed by atoms with E-state index in [1.165, 1.54) is 7.11 Å². The SMILES string of the molecule is COCC(O)COc1ccccc1CO. The van der Waals surface area contributed by atoms with E-state index < -0.39 is 6.10 Å². The lowest BCUT2D eigenvalue weighted by Gasteiger charge is -2.13. The number of methoxy groups -OCH3 is 1. The Bertz CT molecular complexity index is 288. The highest BCUT2D eigenvalue weighted by molar-refractivity contribution is 5.32. The first-order valence-corrected chi connectivity index (χ1v) is 4.76. The summed E-state index contributed by atoms with van der Waals surface area (Å²) in [5.74, 6) is 0.593. The van der Waals surface area contributed by atoms with Gasteiger partial charge in [0.25, 0.3) is 0 Å². The van der Waals surface area contributed by atoms with E-state index in [9.17, 15) is 5.11 Å². The van der Waals surface area contributed by atoms with Crippen molar-refractivity contribution in [3.05, 3.63) is 29.8 Å². The first-order chi connectivity index (χ1) is 7.27. The Morgan fingerprint density at radius 1 is 1.27 bits per heavy atom. The van der Waals surface area contributed by atoms with Gasteiger partial charge in [0.1, 0.15) is 18.5 Å². The second-order valence-corrected chi connectivity index (χ2v) is 3.19. The first-order valence-electron chi connectivity index (χ1n) is 4.76. The van der Waals surface area contributed by atoms with Crippen LogP contribution < -0.4 is 4.74 Å². The monoisotopic (exact) mass is 212 g/mol. The van der Waals surface area contributed by atoms with E-state index in [0.717, 1.165) is 0 Å². The molecule has 0 aromatic heterocycles. The van der Waals surface area contributed by atoms with Crippen LogP contribution in [0.3, 0.4) is 0 Å². The third-order valence-corrected chi connectivity index (χ3v) is 1.93. The van der Waals surface area contributed by atoms with Gasteiger partial charge in [-0.15, -0.1) is 0 Å². The number of hydrogen-bond donors (Lipinski definition) is 2. The molecule has 0 aliphatic carbocycles. The summed E-state index contributed by atoms with van der Waals surface area (Å²) in [5.41, 5.74) is 0.710.